The van der Waals surface area contributed by atoms with E-state index in [2.05, 4.69) is 72.5 Å². The van der Waals surface area contributed by atoms with Gasteiger partial charge in [0.25, 0.3) is 0 Å². The van der Waals surface area contributed by atoms with Gasteiger partial charge in [-0.1, -0.05) is 48.5 Å². The Balaban J connectivity index is 2.21. The maximum Gasteiger partial charge on any atom is 0.102 e. The monoisotopic (exact) mass is 268 g/mol. The summed E-state index contributed by atoms with van der Waals surface area (Å²) in [5.41, 5.74) is 1.44. The lowest BCUT2D eigenvalue weighted by Crippen LogP contribution is -2.83. The highest BCUT2D eigenvalue weighted by Gasteiger charge is 2.08. The van der Waals surface area contributed by atoms with Crippen molar-refractivity contribution in [2.24, 2.45) is 0 Å². The minimum atomic E-state index is 0.919. The van der Waals surface area contributed by atoms with Crippen molar-refractivity contribution < 1.29 is 5.32 Å². The van der Waals surface area contributed by atoms with E-state index in [4.69, 9.17) is 0 Å². The largest absolute Gasteiger partial charge is 0.342 e. The average molecular weight is 268 g/mol. The van der Waals surface area contributed by atoms with Crippen LogP contribution in [-0.2, 0) is 6.54 Å². The minimum absolute atomic E-state index is 0.919. The second-order valence-corrected chi connectivity index (χ2v) is 5.25. The van der Waals surface area contributed by atoms with E-state index in [1.165, 1.54) is 27.1 Å². The van der Waals surface area contributed by atoms with E-state index >= 15 is 0 Å². The summed E-state index contributed by atoms with van der Waals surface area (Å²) in [5.74, 6) is 0.919. The molecule has 3 rings (SSSR count). The molecule has 3 aromatic rings. The molecule has 0 heterocycles. The lowest BCUT2D eigenvalue weighted by atomic mass is 9.97. The number of hydrogen-bond donors (Lipinski definition) is 2. The molecular weight excluding hydrogens is 250 g/mol. The number of fused-ring (bicyclic) bond motifs is 2. The van der Waals surface area contributed by atoms with E-state index in [-0.39, 0.29) is 0 Å². The smallest absolute Gasteiger partial charge is 0.102 e. The van der Waals surface area contributed by atoms with E-state index < -0.39 is 0 Å². The highest BCUT2D eigenvalue weighted by molar-refractivity contribution is 7.80. The third kappa shape index (κ3) is 2.46. The molecule has 0 aliphatic heterocycles. The van der Waals surface area contributed by atoms with Crippen LogP contribution in [0.2, 0.25) is 0 Å². The molecule has 0 fully saturated rings. The quantitative estimate of drug-likeness (QED) is 0.411. The van der Waals surface area contributed by atoms with Crippen molar-refractivity contribution >= 4 is 34.2 Å². The van der Waals surface area contributed by atoms with Gasteiger partial charge in [0.05, 0.1) is 6.54 Å². The first-order valence-corrected chi connectivity index (χ1v) is 7.35. The van der Waals surface area contributed by atoms with Crippen LogP contribution in [0.5, 0.6) is 0 Å². The normalized spacial score (nSPS) is 11.2. The summed E-state index contributed by atoms with van der Waals surface area (Å²) in [6, 6.07) is 19.6. The van der Waals surface area contributed by atoms with Crippen LogP contribution >= 0.6 is 12.6 Å². The van der Waals surface area contributed by atoms with Crippen molar-refractivity contribution in [3.05, 3.63) is 60.2 Å². The molecule has 2 N–H and O–H groups in total. The summed E-state index contributed by atoms with van der Waals surface area (Å²) in [6.45, 7) is 2.07. The number of thiol groups is 1. The summed E-state index contributed by atoms with van der Waals surface area (Å²) in [6.07, 6.45) is 0. The van der Waals surface area contributed by atoms with Crippen molar-refractivity contribution in [1.29, 1.82) is 0 Å². The Labute approximate surface area is 119 Å². The number of rotatable bonds is 4. The standard InChI is InChI=1S/C17H17NS/c19-10-9-18-12-17-15-7-3-1-5-13(15)11-14-6-2-4-8-16(14)17/h1-8,11,18-19H,9-10,12H2/p+1. The molecule has 0 bridgehead atoms. The number of hydrogen-bond acceptors (Lipinski definition) is 1. The fourth-order valence-corrected chi connectivity index (χ4v) is 2.85. The van der Waals surface area contributed by atoms with E-state index in [0.717, 1.165) is 18.8 Å². The van der Waals surface area contributed by atoms with Gasteiger partial charge in [0.2, 0.25) is 0 Å². The molecule has 0 saturated carbocycles. The third-order valence-electron chi connectivity index (χ3n) is 3.56. The van der Waals surface area contributed by atoms with Gasteiger partial charge in [0.1, 0.15) is 6.54 Å². The summed E-state index contributed by atoms with van der Waals surface area (Å²) in [4.78, 5) is 0. The van der Waals surface area contributed by atoms with Crippen molar-refractivity contribution in [3.63, 3.8) is 0 Å². The molecule has 0 radical (unpaired) electrons. The predicted octanol–water partition coefficient (Wildman–Crippen LogP) is 2.99. The second kappa shape index (κ2) is 5.64. The van der Waals surface area contributed by atoms with Crippen molar-refractivity contribution in [3.8, 4) is 0 Å². The fraction of sp³-hybridized carbons (Fsp3) is 0.176. The van der Waals surface area contributed by atoms with Gasteiger partial charge in [-0.2, -0.15) is 12.6 Å². The lowest BCUT2D eigenvalue weighted by Gasteiger charge is -2.10. The van der Waals surface area contributed by atoms with Crippen molar-refractivity contribution in [1.82, 2.24) is 0 Å². The van der Waals surface area contributed by atoms with Crippen LogP contribution in [0.3, 0.4) is 0 Å². The van der Waals surface area contributed by atoms with Gasteiger partial charge < -0.3 is 5.32 Å². The Morgan fingerprint density at radius 1 is 0.842 bits per heavy atom. The molecule has 96 valence electrons. The molecule has 0 unspecified atom stereocenters. The molecule has 1 nitrogen and oxygen atoms in total. The number of quaternary nitrogens is 1. The first kappa shape index (κ1) is 12.5. The van der Waals surface area contributed by atoms with Gasteiger partial charge in [-0.3, -0.25) is 0 Å². The molecule has 0 aliphatic rings. The van der Waals surface area contributed by atoms with Crippen LogP contribution in [-0.4, -0.2) is 12.3 Å². The van der Waals surface area contributed by atoms with Gasteiger partial charge in [-0.25, -0.2) is 0 Å². The first-order valence-electron chi connectivity index (χ1n) is 6.72. The number of nitrogens with two attached hydrogens (primary N) is 1. The second-order valence-electron chi connectivity index (χ2n) is 4.80. The summed E-state index contributed by atoms with van der Waals surface area (Å²) >= 11 is 4.28. The molecule has 3 aromatic carbocycles. The Hall–Kier alpha value is -1.51. The predicted molar refractivity (Wildman–Crippen MR) is 85.8 cm³/mol. The zero-order chi connectivity index (χ0) is 13.1. The highest BCUT2D eigenvalue weighted by atomic mass is 32.1. The highest BCUT2D eigenvalue weighted by Crippen LogP contribution is 2.27. The molecule has 0 atom stereocenters. The van der Waals surface area contributed by atoms with Gasteiger partial charge >= 0.3 is 0 Å². The SMILES string of the molecule is SCC[NH2+]Cc1c2ccccc2cc2ccccc12. The Bertz CT molecular complexity index is 652. The van der Waals surface area contributed by atoms with Crippen LogP contribution in [0.15, 0.2) is 54.6 Å². The zero-order valence-corrected chi connectivity index (χ0v) is 11.7. The van der Waals surface area contributed by atoms with E-state index in [9.17, 15) is 0 Å². The Kier molecular flexibility index (Phi) is 3.72. The van der Waals surface area contributed by atoms with Crippen molar-refractivity contribution in [2.75, 3.05) is 12.3 Å². The molecular formula is C17H18NS+. The zero-order valence-electron chi connectivity index (χ0n) is 10.8. The molecule has 2 heteroatoms. The summed E-state index contributed by atoms with van der Waals surface area (Å²) < 4.78 is 0. The van der Waals surface area contributed by atoms with E-state index in [1.54, 1.807) is 0 Å². The molecule has 19 heavy (non-hydrogen) atoms. The van der Waals surface area contributed by atoms with E-state index in [0.29, 0.717) is 0 Å². The number of benzene rings is 3. The minimum Gasteiger partial charge on any atom is -0.342 e. The topological polar surface area (TPSA) is 16.6 Å². The van der Waals surface area contributed by atoms with Gasteiger partial charge in [-0.15, -0.1) is 0 Å². The molecule has 0 amide bonds. The molecule has 0 aliphatic carbocycles. The molecule has 0 saturated heterocycles. The van der Waals surface area contributed by atoms with Gasteiger partial charge in [0, 0.05) is 11.3 Å². The molecule has 0 aromatic heterocycles. The van der Waals surface area contributed by atoms with Gasteiger partial charge in [-0.05, 0) is 27.6 Å². The summed E-state index contributed by atoms with van der Waals surface area (Å²) in [7, 11) is 0. The van der Waals surface area contributed by atoms with E-state index in [1.807, 2.05) is 0 Å². The van der Waals surface area contributed by atoms with Crippen LogP contribution in [0.4, 0.5) is 0 Å². The Morgan fingerprint density at radius 3 is 2.00 bits per heavy atom. The average Bonchev–Trinajstić information content (AvgIpc) is 2.46. The Morgan fingerprint density at radius 2 is 1.42 bits per heavy atom. The van der Waals surface area contributed by atoms with Crippen molar-refractivity contribution in [2.45, 2.75) is 6.54 Å². The lowest BCUT2D eigenvalue weighted by molar-refractivity contribution is -0.666. The maximum atomic E-state index is 4.28. The van der Waals surface area contributed by atoms with Crippen LogP contribution in [0.1, 0.15) is 5.56 Å². The maximum absolute atomic E-state index is 4.28. The van der Waals surface area contributed by atoms with Gasteiger partial charge in [0.15, 0.2) is 0 Å². The fourth-order valence-electron chi connectivity index (χ4n) is 2.67. The van der Waals surface area contributed by atoms with Crippen LogP contribution in [0, 0.1) is 0 Å². The van der Waals surface area contributed by atoms with Crippen LogP contribution in [0.25, 0.3) is 21.5 Å². The van der Waals surface area contributed by atoms with Crippen LogP contribution < -0.4 is 5.32 Å². The summed E-state index contributed by atoms with van der Waals surface area (Å²) in [5, 5.41) is 7.74. The molecule has 0 spiro atoms. The third-order valence-corrected chi connectivity index (χ3v) is 3.82. The first-order chi connectivity index (χ1) is 9.40.